The second kappa shape index (κ2) is 14.9. The smallest absolute Gasteiger partial charge is 0.0714 e. The lowest BCUT2D eigenvalue weighted by atomic mass is 9.67. The molecule has 0 radical (unpaired) electrons. The van der Waals surface area contributed by atoms with Crippen LogP contribution in [0.15, 0.2) is 249 Å². The number of fused-ring (bicyclic) bond motifs is 11. The molecule has 0 amide bonds. The third kappa shape index (κ3) is 5.62. The minimum absolute atomic E-state index is 0.169. The van der Waals surface area contributed by atoms with Crippen LogP contribution in [-0.2, 0) is 10.8 Å². The minimum atomic E-state index is -0.535. The molecule has 3 heteroatoms. The molecule has 0 atom stereocenters. The van der Waals surface area contributed by atoms with Crippen LogP contribution >= 0.6 is 0 Å². The molecule has 10 aromatic carbocycles. The van der Waals surface area contributed by atoms with E-state index < -0.39 is 5.41 Å². The van der Waals surface area contributed by atoms with Gasteiger partial charge in [0.1, 0.15) is 0 Å². The number of anilines is 3. The maximum Gasteiger partial charge on any atom is 0.0714 e. The lowest BCUT2D eigenvalue weighted by Gasteiger charge is -2.35. The highest BCUT2D eigenvalue weighted by Crippen LogP contribution is 2.58. The van der Waals surface area contributed by atoms with Gasteiger partial charge in [-0.1, -0.05) is 178 Å². The maximum atomic E-state index is 2.51. The van der Waals surface area contributed by atoms with Gasteiger partial charge in [-0.05, 0) is 134 Å². The molecule has 3 nitrogen and oxygen atoms in total. The topological polar surface area (TPSA) is 13.1 Å². The lowest BCUT2D eigenvalue weighted by Crippen LogP contribution is -2.28. The summed E-state index contributed by atoms with van der Waals surface area (Å²) < 4.78 is 4.77. The van der Waals surface area contributed by atoms with E-state index in [1.54, 1.807) is 0 Å². The molecule has 0 aliphatic heterocycles. The van der Waals surface area contributed by atoms with Crippen molar-refractivity contribution in [3.63, 3.8) is 0 Å². The molecule has 2 aromatic heterocycles. The van der Waals surface area contributed by atoms with Gasteiger partial charge in [0.05, 0.1) is 22.0 Å². The summed E-state index contributed by atoms with van der Waals surface area (Å²) in [4.78, 5) is 2.51. The van der Waals surface area contributed by atoms with Gasteiger partial charge in [-0.15, -0.1) is 0 Å². The van der Waals surface area contributed by atoms with E-state index in [1.807, 2.05) is 0 Å². The van der Waals surface area contributed by atoms with Crippen LogP contribution in [0, 0.1) is 0 Å². The number of hydrogen-bond donors (Lipinski definition) is 0. The fourth-order valence-corrected chi connectivity index (χ4v) is 12.4. The summed E-state index contributed by atoms with van der Waals surface area (Å²) in [7, 11) is 0. The highest BCUT2D eigenvalue weighted by atomic mass is 15.1. The van der Waals surface area contributed by atoms with Gasteiger partial charge < -0.3 is 14.0 Å². The number of nitrogens with zero attached hydrogens (tertiary/aromatic N) is 3. The fourth-order valence-electron chi connectivity index (χ4n) is 12.4. The molecule has 0 saturated heterocycles. The standard InChI is InChI=1S/C66H47N3/c1-65(2)58-29-17-15-27-51(58)53-34-31-49(42-60(53)65)68(50-32-35-54-52-28-16-18-30-59(52)66(61(54)43-50,44-19-7-3-8-20-44)45-21-9-4-10-22-45)48-33-37-63-57(41-48)55-36-38-62-56(39-40-67(62)46-23-11-5-12-24-46)64(55)69(63)47-25-13-6-14-26-47/h3-43H,1-2H3. The van der Waals surface area contributed by atoms with Crippen LogP contribution < -0.4 is 4.90 Å². The van der Waals surface area contributed by atoms with Gasteiger partial charge in [0.15, 0.2) is 0 Å². The molecular formula is C66H47N3. The first-order valence-electron chi connectivity index (χ1n) is 24.1. The Bertz CT molecular complexity index is 3930. The molecule has 0 N–H and O–H groups in total. The van der Waals surface area contributed by atoms with E-state index in [0.29, 0.717) is 0 Å². The Labute approximate surface area is 402 Å². The SMILES string of the molecule is CC1(C)c2ccccc2-c2ccc(N(c3ccc4c(c3)C(c3ccccc3)(c3ccccc3)c3ccccc3-4)c3ccc4c(c3)c3ccc5c(ccn5-c5ccccc5)c3n4-c3ccccc3)cc21. The number of hydrogen-bond acceptors (Lipinski definition) is 1. The molecule has 2 aliphatic rings. The average Bonchev–Trinajstić information content (AvgIpc) is 4.14. The van der Waals surface area contributed by atoms with Crippen LogP contribution in [0.1, 0.15) is 47.2 Å². The number of rotatable bonds is 7. The van der Waals surface area contributed by atoms with Crippen LogP contribution in [0.3, 0.4) is 0 Å². The quantitative estimate of drug-likeness (QED) is 0.155. The first-order valence-corrected chi connectivity index (χ1v) is 24.1. The van der Waals surface area contributed by atoms with Crippen LogP contribution in [0.25, 0.3) is 66.3 Å². The molecule has 0 spiro atoms. The molecule has 0 bridgehead atoms. The number of aromatic nitrogens is 2. The number of para-hydroxylation sites is 2. The van der Waals surface area contributed by atoms with Crippen molar-refractivity contribution in [2.45, 2.75) is 24.7 Å². The largest absolute Gasteiger partial charge is 0.316 e. The Balaban J connectivity index is 1.04. The maximum absolute atomic E-state index is 2.51. The average molecular weight is 882 g/mol. The van der Waals surface area contributed by atoms with Crippen molar-refractivity contribution in [3.8, 4) is 33.6 Å². The molecule has 326 valence electrons. The Hall–Kier alpha value is -8.66. The molecule has 14 rings (SSSR count). The van der Waals surface area contributed by atoms with Crippen LogP contribution in [0.2, 0.25) is 0 Å². The summed E-state index contributed by atoms with van der Waals surface area (Å²) in [6.07, 6.45) is 2.21. The van der Waals surface area contributed by atoms with Gasteiger partial charge in [0.25, 0.3) is 0 Å². The second-order valence-corrected chi connectivity index (χ2v) is 19.3. The minimum Gasteiger partial charge on any atom is -0.316 e. The van der Waals surface area contributed by atoms with Gasteiger partial charge in [-0.25, -0.2) is 0 Å². The monoisotopic (exact) mass is 881 g/mol. The summed E-state index contributed by atoms with van der Waals surface area (Å²) in [6, 6.07) is 90.2. The molecule has 2 heterocycles. The van der Waals surface area contributed by atoms with Gasteiger partial charge in [-0.3, -0.25) is 0 Å². The fraction of sp³-hybridized carbons (Fsp3) is 0.0606. The van der Waals surface area contributed by atoms with Crippen molar-refractivity contribution in [2.75, 3.05) is 4.90 Å². The van der Waals surface area contributed by atoms with E-state index in [0.717, 1.165) is 28.4 Å². The van der Waals surface area contributed by atoms with Gasteiger partial charge in [0, 0.05) is 56.2 Å². The normalized spacial score (nSPS) is 13.9. The first-order chi connectivity index (χ1) is 34.0. The predicted octanol–water partition coefficient (Wildman–Crippen LogP) is 16.9. The van der Waals surface area contributed by atoms with Crippen molar-refractivity contribution in [1.82, 2.24) is 9.13 Å². The van der Waals surface area contributed by atoms with Crippen molar-refractivity contribution < 1.29 is 0 Å². The Morgan fingerprint density at radius 2 is 0.841 bits per heavy atom. The van der Waals surface area contributed by atoms with E-state index in [1.165, 1.54) is 88.3 Å². The molecular weight excluding hydrogens is 835 g/mol. The lowest BCUT2D eigenvalue weighted by molar-refractivity contribution is 0.660. The molecule has 69 heavy (non-hydrogen) atoms. The van der Waals surface area contributed by atoms with Crippen molar-refractivity contribution in [2.24, 2.45) is 0 Å². The molecule has 0 fully saturated rings. The Morgan fingerprint density at radius 3 is 1.51 bits per heavy atom. The highest BCUT2D eigenvalue weighted by molar-refractivity contribution is 6.19. The van der Waals surface area contributed by atoms with Crippen LogP contribution in [0.4, 0.5) is 17.1 Å². The second-order valence-electron chi connectivity index (χ2n) is 19.3. The van der Waals surface area contributed by atoms with Crippen molar-refractivity contribution >= 4 is 49.8 Å². The van der Waals surface area contributed by atoms with Crippen LogP contribution in [-0.4, -0.2) is 9.13 Å². The molecule has 2 aliphatic carbocycles. The summed E-state index contributed by atoms with van der Waals surface area (Å²) >= 11 is 0. The molecule has 12 aromatic rings. The first kappa shape index (κ1) is 39.5. The molecule has 0 saturated carbocycles. The van der Waals surface area contributed by atoms with E-state index in [-0.39, 0.29) is 5.41 Å². The zero-order chi connectivity index (χ0) is 45.8. The zero-order valence-electron chi connectivity index (χ0n) is 38.5. The van der Waals surface area contributed by atoms with Crippen LogP contribution in [0.5, 0.6) is 0 Å². The zero-order valence-corrected chi connectivity index (χ0v) is 38.5. The summed E-state index contributed by atoms with van der Waals surface area (Å²) in [5.74, 6) is 0. The van der Waals surface area contributed by atoms with E-state index >= 15 is 0 Å². The predicted molar refractivity (Wildman–Crippen MR) is 287 cm³/mol. The van der Waals surface area contributed by atoms with Gasteiger partial charge in [-0.2, -0.15) is 0 Å². The summed E-state index contributed by atoms with van der Waals surface area (Å²) in [5.41, 5.74) is 21.5. The number of benzene rings is 10. The summed E-state index contributed by atoms with van der Waals surface area (Å²) in [6.45, 7) is 4.76. The Kier molecular flexibility index (Phi) is 8.54. The highest BCUT2D eigenvalue weighted by Gasteiger charge is 2.46. The third-order valence-corrected chi connectivity index (χ3v) is 15.4. The van der Waals surface area contributed by atoms with Gasteiger partial charge >= 0.3 is 0 Å². The van der Waals surface area contributed by atoms with Crippen molar-refractivity contribution in [1.29, 1.82) is 0 Å². The van der Waals surface area contributed by atoms with Crippen molar-refractivity contribution in [3.05, 3.63) is 282 Å². The third-order valence-electron chi connectivity index (χ3n) is 15.4. The molecule has 0 unspecified atom stereocenters. The van der Waals surface area contributed by atoms with E-state index in [9.17, 15) is 0 Å². The Morgan fingerprint density at radius 1 is 0.348 bits per heavy atom. The van der Waals surface area contributed by atoms with E-state index in [2.05, 4.69) is 277 Å². The van der Waals surface area contributed by atoms with Gasteiger partial charge in [0.2, 0.25) is 0 Å². The summed E-state index contributed by atoms with van der Waals surface area (Å²) in [5, 5.41) is 3.64. The van der Waals surface area contributed by atoms with E-state index in [4.69, 9.17) is 0 Å².